The van der Waals surface area contributed by atoms with Gasteiger partial charge in [0.05, 0.1) is 5.56 Å². The van der Waals surface area contributed by atoms with Gasteiger partial charge in [0.2, 0.25) is 5.91 Å². The quantitative estimate of drug-likeness (QED) is 0.460. The Morgan fingerprint density at radius 1 is 1.15 bits per heavy atom. The Hall–Kier alpha value is -2.22. The van der Waals surface area contributed by atoms with Gasteiger partial charge in [-0.05, 0) is 59.2 Å². The normalized spacial score (nSPS) is 9.85. The van der Waals surface area contributed by atoms with Crippen LogP contribution in [0, 0.1) is 20.8 Å². The molecule has 0 bridgehead atoms. The van der Waals surface area contributed by atoms with Gasteiger partial charge in [-0.15, -0.1) is 0 Å². The van der Waals surface area contributed by atoms with Crippen molar-refractivity contribution in [3.8, 4) is 11.1 Å². The molecule has 27 heavy (non-hydrogen) atoms. The number of hydrogen-bond donors (Lipinski definition) is 1. The van der Waals surface area contributed by atoms with Crippen LogP contribution >= 0.6 is 8.25 Å². The maximum absolute atomic E-state index is 12.0. The Morgan fingerprint density at radius 2 is 1.67 bits per heavy atom. The summed E-state index contributed by atoms with van der Waals surface area (Å²) in [5.41, 5.74) is 9.19. The number of carbonyl (C=O) groups is 2. The van der Waals surface area contributed by atoms with E-state index in [0.717, 1.165) is 28.3 Å². The molecule has 0 aromatic heterocycles. The predicted molar refractivity (Wildman–Crippen MR) is 98.5 cm³/mol. The van der Waals surface area contributed by atoms with Crippen molar-refractivity contribution >= 4 is 20.1 Å². The second kappa shape index (κ2) is 11.5. The maximum Gasteiger partial charge on any atom is 1.00 e. The van der Waals surface area contributed by atoms with E-state index in [4.69, 9.17) is 0 Å². The fourth-order valence-corrected chi connectivity index (χ4v) is 2.89. The molecule has 0 aliphatic heterocycles. The molecule has 1 amide bonds. The smallest absolute Gasteiger partial charge is 0.558 e. The van der Waals surface area contributed by atoms with E-state index in [9.17, 15) is 19.0 Å². The van der Waals surface area contributed by atoms with Crippen molar-refractivity contribution in [2.75, 3.05) is 0 Å². The molecule has 2 aromatic rings. The van der Waals surface area contributed by atoms with Gasteiger partial charge in [0.25, 0.3) is 0 Å². The SMILES string of the molecule is C=CC(N)=O.Cc1cc(C)c(-c2ccccc2)c(C)c1C(=O)O[P+](=O)[O-].[Li+]. The summed E-state index contributed by atoms with van der Waals surface area (Å²) in [4.78, 5) is 32.1. The third-order valence-electron chi connectivity index (χ3n) is 3.60. The van der Waals surface area contributed by atoms with Gasteiger partial charge in [-0.2, -0.15) is 0 Å². The molecule has 0 saturated carbocycles. The fraction of sp³-hybridized carbons (Fsp3) is 0.158. The molecule has 0 aliphatic rings. The van der Waals surface area contributed by atoms with Crippen LogP contribution in [0.5, 0.6) is 0 Å². The van der Waals surface area contributed by atoms with E-state index in [2.05, 4.69) is 16.8 Å². The van der Waals surface area contributed by atoms with Gasteiger partial charge in [-0.1, -0.05) is 43.0 Å². The summed E-state index contributed by atoms with van der Waals surface area (Å²) in [6.45, 7) is 8.62. The molecule has 0 heterocycles. The minimum absolute atomic E-state index is 0. The third-order valence-corrected chi connectivity index (χ3v) is 3.91. The first-order chi connectivity index (χ1) is 12.2. The minimum atomic E-state index is -3.21. The summed E-state index contributed by atoms with van der Waals surface area (Å²) in [6, 6.07) is 11.5. The number of amides is 1. The van der Waals surface area contributed by atoms with E-state index >= 15 is 0 Å². The Bertz CT molecular complexity index is 853. The van der Waals surface area contributed by atoms with Gasteiger partial charge in [-0.25, -0.2) is 9.32 Å². The zero-order valence-electron chi connectivity index (χ0n) is 15.8. The molecule has 0 saturated heterocycles. The van der Waals surface area contributed by atoms with Crippen LogP contribution in [-0.2, 0) is 13.9 Å². The Morgan fingerprint density at radius 3 is 2.11 bits per heavy atom. The Kier molecular flexibility index (Phi) is 10.5. The number of primary amides is 1. The summed E-state index contributed by atoms with van der Waals surface area (Å²) >= 11 is 0. The van der Waals surface area contributed by atoms with E-state index < -0.39 is 20.1 Å². The molecule has 0 aliphatic carbocycles. The number of benzene rings is 2. The van der Waals surface area contributed by atoms with Crippen molar-refractivity contribution in [2.24, 2.45) is 5.73 Å². The van der Waals surface area contributed by atoms with Gasteiger partial charge < -0.3 is 10.6 Å². The van der Waals surface area contributed by atoms with E-state index in [0.29, 0.717) is 11.1 Å². The first-order valence-corrected chi connectivity index (χ1v) is 8.73. The van der Waals surface area contributed by atoms with Gasteiger partial charge >= 0.3 is 33.1 Å². The summed E-state index contributed by atoms with van der Waals surface area (Å²) in [7, 11) is -3.21. The molecule has 136 valence electrons. The zero-order valence-corrected chi connectivity index (χ0v) is 16.7. The monoisotopic (exact) mass is 380 g/mol. The average molecular weight is 380 g/mol. The molecule has 1 atom stereocenters. The molecule has 2 rings (SSSR count). The molecular formula is C19H20LiNO5P+. The summed E-state index contributed by atoms with van der Waals surface area (Å²) in [6.07, 6.45) is 1.06. The maximum atomic E-state index is 12.0. The van der Waals surface area contributed by atoms with E-state index in [1.165, 1.54) is 0 Å². The van der Waals surface area contributed by atoms with Crippen LogP contribution in [0.15, 0.2) is 49.1 Å². The first kappa shape index (κ1) is 24.8. The molecule has 2 aromatic carbocycles. The summed E-state index contributed by atoms with van der Waals surface area (Å²) < 4.78 is 15.0. The van der Waals surface area contributed by atoms with Gasteiger partial charge in [-0.3, -0.25) is 4.79 Å². The fourth-order valence-electron chi connectivity index (χ4n) is 2.66. The number of rotatable bonds is 4. The number of nitrogens with two attached hydrogens (primary N) is 1. The molecule has 0 spiro atoms. The molecule has 0 radical (unpaired) electrons. The molecule has 6 nitrogen and oxygen atoms in total. The van der Waals surface area contributed by atoms with Gasteiger partial charge in [0.15, 0.2) is 0 Å². The largest absolute Gasteiger partial charge is 1.00 e. The van der Waals surface area contributed by atoms with Crippen LogP contribution in [-0.4, -0.2) is 11.9 Å². The second-order valence-corrected chi connectivity index (χ2v) is 6.09. The van der Waals surface area contributed by atoms with Crippen molar-refractivity contribution in [1.82, 2.24) is 0 Å². The molecular weight excluding hydrogens is 360 g/mol. The van der Waals surface area contributed by atoms with Crippen molar-refractivity contribution in [3.63, 3.8) is 0 Å². The summed E-state index contributed by atoms with van der Waals surface area (Å²) in [5.74, 6) is -1.32. The number of hydrogen-bond acceptors (Lipinski definition) is 5. The van der Waals surface area contributed by atoms with Crippen molar-refractivity contribution in [3.05, 3.63) is 71.3 Å². The molecule has 1 unspecified atom stereocenters. The predicted octanol–water partition coefficient (Wildman–Crippen LogP) is 0.115. The van der Waals surface area contributed by atoms with Gasteiger partial charge in [0, 0.05) is 0 Å². The topological polar surface area (TPSA) is 110 Å². The van der Waals surface area contributed by atoms with E-state index in [1.54, 1.807) is 13.8 Å². The van der Waals surface area contributed by atoms with Crippen molar-refractivity contribution < 1.29 is 42.4 Å². The molecule has 2 N–H and O–H groups in total. The number of aryl methyl sites for hydroxylation is 2. The standard InChI is InChI=1S/C16H15O4P.C3H5NO.Li/c1-10-9-11(2)15(16(17)20-21(18)19)12(3)14(10)13-7-5-4-6-8-13;1-2-3(4)5;/h4-9H,1-3H3;2H,1H2,(H2,4,5);/q;;+1. The second-order valence-electron chi connectivity index (χ2n) is 5.46. The van der Waals surface area contributed by atoms with Gasteiger partial charge in [0.1, 0.15) is 0 Å². The van der Waals surface area contributed by atoms with Crippen molar-refractivity contribution in [2.45, 2.75) is 20.8 Å². The number of carbonyl (C=O) groups excluding carboxylic acids is 2. The van der Waals surface area contributed by atoms with Crippen LogP contribution in [0.25, 0.3) is 11.1 Å². The molecule has 8 heteroatoms. The van der Waals surface area contributed by atoms with Crippen LogP contribution in [0.3, 0.4) is 0 Å². The third kappa shape index (κ3) is 7.13. The Labute approximate surface area is 171 Å². The van der Waals surface area contributed by atoms with Crippen LogP contribution in [0.2, 0.25) is 0 Å². The first-order valence-electron chi connectivity index (χ1n) is 7.63. The zero-order chi connectivity index (χ0) is 19.9. The average Bonchev–Trinajstić information content (AvgIpc) is 2.55. The Balaban J connectivity index is 0.00000100. The van der Waals surface area contributed by atoms with Crippen molar-refractivity contribution in [1.29, 1.82) is 0 Å². The van der Waals surface area contributed by atoms with Crippen LogP contribution < -0.4 is 29.5 Å². The van der Waals surface area contributed by atoms with Crippen LogP contribution in [0.4, 0.5) is 0 Å². The minimum Gasteiger partial charge on any atom is -0.558 e. The van der Waals surface area contributed by atoms with Crippen LogP contribution in [0.1, 0.15) is 27.0 Å². The van der Waals surface area contributed by atoms with E-state index in [-0.39, 0.29) is 18.9 Å². The molecule has 0 fully saturated rings. The summed E-state index contributed by atoms with van der Waals surface area (Å²) in [5, 5.41) is 0. The van der Waals surface area contributed by atoms with E-state index in [1.807, 2.05) is 43.3 Å².